The highest BCUT2D eigenvalue weighted by molar-refractivity contribution is 5.98. The largest absolute Gasteiger partial charge is 0.496 e. The lowest BCUT2D eigenvalue weighted by Crippen LogP contribution is -2.32. The van der Waals surface area contributed by atoms with Crippen molar-refractivity contribution in [2.24, 2.45) is 5.41 Å². The highest BCUT2D eigenvalue weighted by Crippen LogP contribution is 2.42. The monoisotopic (exact) mass is 485 g/mol. The molecule has 0 spiro atoms. The van der Waals surface area contributed by atoms with Crippen LogP contribution >= 0.6 is 0 Å². The Labute approximate surface area is 208 Å². The van der Waals surface area contributed by atoms with Crippen molar-refractivity contribution >= 4 is 11.9 Å². The van der Waals surface area contributed by atoms with Crippen LogP contribution in [0.3, 0.4) is 0 Å². The van der Waals surface area contributed by atoms with Crippen molar-refractivity contribution in [3.63, 3.8) is 0 Å². The van der Waals surface area contributed by atoms with Gasteiger partial charge >= 0.3 is 5.97 Å². The molecular formula is C28H39NO6. The van der Waals surface area contributed by atoms with E-state index in [1.807, 2.05) is 45.9 Å². The van der Waals surface area contributed by atoms with Crippen molar-refractivity contribution in [2.75, 3.05) is 20.3 Å². The van der Waals surface area contributed by atoms with E-state index in [0.29, 0.717) is 5.75 Å². The lowest BCUT2D eigenvalue weighted by molar-refractivity contribution is -0.135. The molecule has 0 aliphatic carbocycles. The predicted molar refractivity (Wildman–Crippen MR) is 136 cm³/mol. The number of aliphatic carboxylic acids is 1. The second-order valence-corrected chi connectivity index (χ2v) is 9.95. The normalized spacial score (nSPS) is 12.7. The first-order chi connectivity index (χ1) is 16.4. The third kappa shape index (κ3) is 6.54. The van der Waals surface area contributed by atoms with Crippen molar-refractivity contribution < 1.29 is 29.3 Å². The Kier molecular flexibility index (Phi) is 9.32. The number of carbonyl (C=O) groups is 2. The van der Waals surface area contributed by atoms with Crippen LogP contribution in [0.5, 0.6) is 11.5 Å². The Bertz CT molecular complexity index is 1040. The second-order valence-electron chi connectivity index (χ2n) is 9.95. The van der Waals surface area contributed by atoms with Crippen LogP contribution in [0.4, 0.5) is 0 Å². The number of methoxy groups -OCH3 is 1. The van der Waals surface area contributed by atoms with Crippen molar-refractivity contribution in [1.29, 1.82) is 0 Å². The first-order valence-corrected chi connectivity index (χ1v) is 12.0. The van der Waals surface area contributed by atoms with Crippen LogP contribution in [0.25, 0.3) is 0 Å². The Morgan fingerprint density at radius 2 is 1.60 bits per heavy atom. The molecule has 35 heavy (non-hydrogen) atoms. The fraction of sp³-hybridized carbons (Fsp3) is 0.500. The Balaban J connectivity index is 2.40. The molecule has 0 aromatic heterocycles. The van der Waals surface area contributed by atoms with Crippen molar-refractivity contribution in [1.82, 2.24) is 5.32 Å². The minimum absolute atomic E-state index is 0.221. The summed E-state index contributed by atoms with van der Waals surface area (Å²) in [6.45, 7) is 11.9. The van der Waals surface area contributed by atoms with Crippen LogP contribution in [0.1, 0.15) is 74.5 Å². The van der Waals surface area contributed by atoms with Gasteiger partial charge in [0.15, 0.2) is 0 Å². The molecule has 192 valence electrons. The highest BCUT2D eigenvalue weighted by atomic mass is 16.5. The summed E-state index contributed by atoms with van der Waals surface area (Å²) in [6, 6.07) is 11.6. The van der Waals surface area contributed by atoms with E-state index in [4.69, 9.17) is 14.6 Å². The topological polar surface area (TPSA) is 105 Å². The maximum Gasteiger partial charge on any atom is 0.322 e. The molecule has 2 rings (SSSR count). The number of aliphatic hydroxyl groups excluding tert-OH is 1. The molecule has 0 saturated heterocycles. The van der Waals surface area contributed by atoms with Gasteiger partial charge in [0.1, 0.15) is 24.7 Å². The molecule has 7 heteroatoms. The molecular weight excluding hydrogens is 446 g/mol. The smallest absolute Gasteiger partial charge is 0.322 e. The van der Waals surface area contributed by atoms with E-state index in [-0.39, 0.29) is 23.0 Å². The average molecular weight is 486 g/mol. The van der Waals surface area contributed by atoms with E-state index in [1.165, 1.54) is 7.11 Å². The molecule has 0 fully saturated rings. The summed E-state index contributed by atoms with van der Waals surface area (Å²) in [5.74, 6) is -0.476. The van der Waals surface area contributed by atoms with Gasteiger partial charge in [-0.3, -0.25) is 9.59 Å². The Morgan fingerprint density at radius 3 is 2.11 bits per heavy atom. The van der Waals surface area contributed by atoms with Crippen LogP contribution in [0.2, 0.25) is 0 Å². The number of amides is 1. The molecule has 7 nitrogen and oxygen atoms in total. The molecule has 0 aliphatic rings. The summed E-state index contributed by atoms with van der Waals surface area (Å²) in [5.41, 5.74) is 2.81. The van der Waals surface area contributed by atoms with Crippen LogP contribution in [0, 0.1) is 12.3 Å². The number of ether oxygens (including phenoxy) is 2. The number of hydrogen-bond acceptors (Lipinski definition) is 5. The summed E-state index contributed by atoms with van der Waals surface area (Å²) in [6.07, 6.45) is 1.06. The zero-order chi connectivity index (χ0) is 26.4. The van der Waals surface area contributed by atoms with Crippen LogP contribution in [0.15, 0.2) is 36.4 Å². The van der Waals surface area contributed by atoms with Crippen molar-refractivity contribution in [3.05, 3.63) is 58.7 Å². The van der Waals surface area contributed by atoms with Gasteiger partial charge in [-0.25, -0.2) is 0 Å². The third-order valence-electron chi connectivity index (χ3n) is 6.73. The van der Waals surface area contributed by atoms with E-state index in [1.54, 1.807) is 6.07 Å². The number of nitrogens with one attached hydrogen (secondary N) is 1. The van der Waals surface area contributed by atoms with Gasteiger partial charge in [-0.05, 0) is 60.1 Å². The van der Waals surface area contributed by atoms with Crippen molar-refractivity contribution in [2.45, 2.75) is 65.9 Å². The summed E-state index contributed by atoms with van der Waals surface area (Å²) in [7, 11) is 1.49. The highest BCUT2D eigenvalue weighted by Gasteiger charge is 2.32. The summed E-state index contributed by atoms with van der Waals surface area (Å²) < 4.78 is 11.4. The minimum atomic E-state index is -1.11. The number of carbonyl (C=O) groups excluding carboxylic acids is 1. The third-order valence-corrected chi connectivity index (χ3v) is 6.73. The molecule has 2 aromatic rings. The van der Waals surface area contributed by atoms with Gasteiger partial charge in [-0.15, -0.1) is 0 Å². The quantitative estimate of drug-likeness (QED) is 0.426. The number of aryl methyl sites for hydroxylation is 1. The van der Waals surface area contributed by atoms with Gasteiger partial charge in [0.25, 0.3) is 5.91 Å². The number of rotatable bonds is 11. The number of carboxylic acids is 1. The molecule has 0 aliphatic heterocycles. The summed E-state index contributed by atoms with van der Waals surface area (Å²) in [5, 5.41) is 21.6. The van der Waals surface area contributed by atoms with Gasteiger partial charge in [-0.2, -0.15) is 0 Å². The molecule has 1 atom stereocenters. The average Bonchev–Trinajstić information content (AvgIpc) is 2.82. The zero-order valence-electron chi connectivity index (χ0n) is 21.9. The van der Waals surface area contributed by atoms with E-state index < -0.39 is 24.5 Å². The Hall–Kier alpha value is -3.06. The molecule has 2 aromatic carbocycles. The molecule has 3 N–H and O–H groups in total. The fourth-order valence-electron chi connectivity index (χ4n) is 4.19. The standard InChI is InChI=1S/C28H39NO6/c1-8-28(9-2,19-11-13-22(18(3)14-19)35-17-24(30)27(4,5)6)20-10-12-21(23(15-20)34-7)26(33)29-16-25(31)32/h10-15,24,30H,8-9,16-17H2,1-7H3,(H,29,33)(H,31,32). The van der Waals surface area contributed by atoms with E-state index in [0.717, 1.165) is 35.3 Å². The minimum Gasteiger partial charge on any atom is -0.496 e. The Morgan fingerprint density at radius 1 is 1.00 bits per heavy atom. The first-order valence-electron chi connectivity index (χ1n) is 12.0. The molecule has 0 bridgehead atoms. The van der Waals surface area contributed by atoms with Gasteiger partial charge in [-0.1, -0.05) is 52.8 Å². The second kappa shape index (κ2) is 11.6. The van der Waals surface area contributed by atoms with Crippen molar-refractivity contribution in [3.8, 4) is 11.5 Å². The maximum atomic E-state index is 12.5. The zero-order valence-corrected chi connectivity index (χ0v) is 21.9. The fourth-order valence-corrected chi connectivity index (χ4v) is 4.19. The van der Waals surface area contributed by atoms with Gasteiger partial charge in [0, 0.05) is 5.41 Å². The van der Waals surface area contributed by atoms with Gasteiger partial charge in [0.2, 0.25) is 0 Å². The molecule has 1 amide bonds. The summed E-state index contributed by atoms with van der Waals surface area (Å²) in [4.78, 5) is 23.3. The van der Waals surface area contributed by atoms with Gasteiger partial charge < -0.3 is 25.0 Å². The molecule has 0 radical (unpaired) electrons. The van der Waals surface area contributed by atoms with Crippen LogP contribution in [-0.4, -0.2) is 48.5 Å². The van der Waals surface area contributed by atoms with Crippen LogP contribution < -0.4 is 14.8 Å². The number of benzene rings is 2. The van der Waals surface area contributed by atoms with E-state index in [9.17, 15) is 14.7 Å². The number of aliphatic hydroxyl groups is 1. The molecule has 0 saturated carbocycles. The molecule has 1 unspecified atom stereocenters. The number of carboxylic acid groups (broad SMARTS) is 1. The maximum absolute atomic E-state index is 12.5. The van der Waals surface area contributed by atoms with Crippen LogP contribution in [-0.2, 0) is 10.2 Å². The lowest BCUT2D eigenvalue weighted by atomic mass is 9.70. The number of hydrogen-bond donors (Lipinski definition) is 3. The van der Waals surface area contributed by atoms with E-state index >= 15 is 0 Å². The predicted octanol–water partition coefficient (Wildman–Crippen LogP) is 4.71. The SMILES string of the molecule is CCC(CC)(c1ccc(OCC(O)C(C)(C)C)c(C)c1)c1ccc(C(=O)NCC(=O)O)c(OC)c1. The van der Waals surface area contributed by atoms with Gasteiger partial charge in [0.05, 0.1) is 18.8 Å². The lowest BCUT2D eigenvalue weighted by Gasteiger charge is -2.34. The van der Waals surface area contributed by atoms with E-state index in [2.05, 4.69) is 31.3 Å². The molecule has 0 heterocycles. The summed E-state index contributed by atoms with van der Waals surface area (Å²) >= 11 is 0. The first kappa shape index (κ1) is 28.2.